The van der Waals surface area contributed by atoms with Crippen molar-refractivity contribution in [1.29, 1.82) is 0 Å². The number of nitrogens with one attached hydrogen (secondary N) is 1. The second-order valence-electron chi connectivity index (χ2n) is 7.84. The molecule has 1 amide bonds. The van der Waals surface area contributed by atoms with Crippen LogP contribution < -0.4 is 9.73 Å². The van der Waals surface area contributed by atoms with Gasteiger partial charge in [-0.2, -0.15) is 18.3 Å². The summed E-state index contributed by atoms with van der Waals surface area (Å²) in [7, 11) is -4.11. The number of para-hydroxylation sites is 1. The SMILES string of the molecule is Cc1cc(/C=N\NC(=O)CN(c2ccc(Cl)c(C(F)(F)F)c2)S(C)(=O)=O)c(C)n1-c1ccccc1Cl. The largest absolute Gasteiger partial charge is 0.417 e. The lowest BCUT2D eigenvalue weighted by atomic mass is 10.2. The zero-order valence-corrected chi connectivity index (χ0v) is 21.6. The quantitative estimate of drug-likeness (QED) is 0.313. The van der Waals surface area contributed by atoms with Gasteiger partial charge in [-0.25, -0.2) is 13.8 Å². The van der Waals surface area contributed by atoms with Crippen molar-refractivity contribution in [2.24, 2.45) is 5.10 Å². The zero-order valence-electron chi connectivity index (χ0n) is 19.3. The average Bonchev–Trinajstić information content (AvgIpc) is 3.04. The van der Waals surface area contributed by atoms with Crippen LogP contribution in [0.1, 0.15) is 22.5 Å². The third-order valence-corrected chi connectivity index (χ3v) is 6.98. The van der Waals surface area contributed by atoms with Gasteiger partial charge in [0.25, 0.3) is 5.91 Å². The van der Waals surface area contributed by atoms with Crippen LogP contribution in [-0.4, -0.2) is 37.9 Å². The number of amides is 1. The van der Waals surface area contributed by atoms with Gasteiger partial charge < -0.3 is 4.57 Å². The van der Waals surface area contributed by atoms with E-state index in [9.17, 15) is 26.4 Å². The molecule has 0 saturated heterocycles. The maximum atomic E-state index is 13.2. The highest BCUT2D eigenvalue weighted by molar-refractivity contribution is 7.92. The van der Waals surface area contributed by atoms with E-state index < -0.39 is 39.2 Å². The van der Waals surface area contributed by atoms with Gasteiger partial charge in [-0.1, -0.05) is 35.3 Å². The Hall–Kier alpha value is -3.02. The van der Waals surface area contributed by atoms with E-state index in [-0.39, 0.29) is 5.69 Å². The first kappa shape index (κ1) is 27.6. The molecule has 13 heteroatoms. The summed E-state index contributed by atoms with van der Waals surface area (Å²) in [4.78, 5) is 12.4. The predicted molar refractivity (Wildman–Crippen MR) is 135 cm³/mol. The van der Waals surface area contributed by atoms with Crippen LogP contribution in [0.25, 0.3) is 5.69 Å². The molecule has 0 atom stereocenters. The molecular formula is C23H21Cl2F3N4O3S. The smallest absolute Gasteiger partial charge is 0.316 e. The zero-order chi connectivity index (χ0) is 26.8. The van der Waals surface area contributed by atoms with Crippen molar-refractivity contribution in [1.82, 2.24) is 9.99 Å². The number of rotatable bonds is 7. The molecule has 1 heterocycles. The highest BCUT2D eigenvalue weighted by Crippen LogP contribution is 2.37. The molecule has 0 aliphatic rings. The normalized spacial score (nSPS) is 12.2. The highest BCUT2D eigenvalue weighted by atomic mass is 35.5. The van der Waals surface area contributed by atoms with E-state index in [0.29, 0.717) is 21.0 Å². The molecule has 0 unspecified atom stereocenters. The lowest BCUT2D eigenvalue weighted by molar-refractivity contribution is -0.137. The fourth-order valence-corrected chi connectivity index (χ4v) is 4.84. The number of benzene rings is 2. The minimum atomic E-state index is -4.81. The Bertz CT molecular complexity index is 1440. The number of aromatic nitrogens is 1. The van der Waals surface area contributed by atoms with E-state index >= 15 is 0 Å². The fourth-order valence-electron chi connectivity index (χ4n) is 3.55. The molecule has 0 bridgehead atoms. The first-order chi connectivity index (χ1) is 16.7. The molecule has 36 heavy (non-hydrogen) atoms. The number of hydrogen-bond acceptors (Lipinski definition) is 4. The predicted octanol–water partition coefficient (Wildman–Crippen LogP) is 5.34. The first-order valence-corrected chi connectivity index (χ1v) is 12.9. The van der Waals surface area contributed by atoms with Crippen molar-refractivity contribution in [3.8, 4) is 5.69 Å². The van der Waals surface area contributed by atoms with Gasteiger partial charge in [-0.3, -0.25) is 9.10 Å². The van der Waals surface area contributed by atoms with Crippen molar-refractivity contribution >= 4 is 51.0 Å². The van der Waals surface area contributed by atoms with Crippen molar-refractivity contribution < 1.29 is 26.4 Å². The molecule has 0 radical (unpaired) electrons. The van der Waals surface area contributed by atoms with Gasteiger partial charge in [0, 0.05) is 17.0 Å². The molecule has 0 aliphatic carbocycles. The second kappa shape index (κ2) is 10.5. The molecule has 3 aromatic rings. The third kappa shape index (κ3) is 6.21. The van der Waals surface area contributed by atoms with Crippen molar-refractivity contribution in [2.45, 2.75) is 20.0 Å². The molecule has 1 N–H and O–H groups in total. The summed E-state index contributed by atoms with van der Waals surface area (Å²) in [6.45, 7) is 2.91. The van der Waals surface area contributed by atoms with Gasteiger partial charge in [0.2, 0.25) is 10.0 Å². The number of alkyl halides is 3. The number of carbonyl (C=O) groups excluding carboxylic acids is 1. The number of nitrogens with zero attached hydrogens (tertiary/aromatic N) is 3. The van der Waals surface area contributed by atoms with Crippen LogP contribution in [0.3, 0.4) is 0 Å². The summed E-state index contributed by atoms with van der Waals surface area (Å²) in [5, 5.41) is 3.83. The molecule has 0 aliphatic heterocycles. The molecule has 3 rings (SSSR count). The average molecular weight is 561 g/mol. The summed E-state index contributed by atoms with van der Waals surface area (Å²) >= 11 is 11.9. The lowest BCUT2D eigenvalue weighted by Gasteiger charge is -2.22. The molecular weight excluding hydrogens is 540 g/mol. The van der Waals surface area contributed by atoms with Gasteiger partial charge in [0.15, 0.2) is 0 Å². The van der Waals surface area contributed by atoms with Crippen LogP contribution in [-0.2, 0) is 21.0 Å². The Balaban J connectivity index is 1.80. The summed E-state index contributed by atoms with van der Waals surface area (Å²) in [6, 6.07) is 11.7. The van der Waals surface area contributed by atoms with Crippen LogP contribution in [0.15, 0.2) is 53.6 Å². The Morgan fingerprint density at radius 2 is 1.78 bits per heavy atom. The van der Waals surface area contributed by atoms with E-state index in [0.717, 1.165) is 35.5 Å². The third-order valence-electron chi connectivity index (χ3n) is 5.19. The van der Waals surface area contributed by atoms with Crippen LogP contribution in [0, 0.1) is 13.8 Å². The summed E-state index contributed by atoms with van der Waals surface area (Å²) in [5.74, 6) is -0.861. The van der Waals surface area contributed by atoms with Crippen LogP contribution in [0.4, 0.5) is 18.9 Å². The summed E-state index contributed by atoms with van der Waals surface area (Å²) < 4.78 is 66.6. The topological polar surface area (TPSA) is 83.8 Å². The highest BCUT2D eigenvalue weighted by Gasteiger charge is 2.34. The van der Waals surface area contributed by atoms with Crippen LogP contribution >= 0.6 is 23.2 Å². The van der Waals surface area contributed by atoms with Gasteiger partial charge in [0.05, 0.1) is 39.5 Å². The molecule has 0 saturated carbocycles. The maximum absolute atomic E-state index is 13.2. The van der Waals surface area contributed by atoms with Gasteiger partial charge in [-0.05, 0) is 50.2 Å². The first-order valence-electron chi connectivity index (χ1n) is 10.3. The number of aryl methyl sites for hydroxylation is 1. The minimum absolute atomic E-state index is 0.364. The van der Waals surface area contributed by atoms with E-state index in [1.807, 2.05) is 42.7 Å². The van der Waals surface area contributed by atoms with Crippen molar-refractivity contribution in [3.05, 3.63) is 81.1 Å². The maximum Gasteiger partial charge on any atom is 0.417 e. The Morgan fingerprint density at radius 1 is 1.11 bits per heavy atom. The molecule has 2 aromatic carbocycles. The second-order valence-corrected chi connectivity index (χ2v) is 10.6. The molecule has 1 aromatic heterocycles. The number of carbonyl (C=O) groups is 1. The Morgan fingerprint density at radius 3 is 2.39 bits per heavy atom. The summed E-state index contributed by atoms with van der Waals surface area (Å²) in [6.07, 6.45) is -2.66. The monoisotopic (exact) mass is 560 g/mol. The Kier molecular flexibility index (Phi) is 8.07. The Labute approximate surface area is 216 Å². The van der Waals surface area contributed by atoms with Crippen molar-refractivity contribution in [2.75, 3.05) is 17.1 Å². The lowest BCUT2D eigenvalue weighted by Crippen LogP contribution is -2.39. The van der Waals surface area contributed by atoms with Crippen LogP contribution in [0.2, 0.25) is 10.0 Å². The summed E-state index contributed by atoms with van der Waals surface area (Å²) in [5.41, 5.74) is 3.71. The molecule has 0 fully saturated rings. The van der Waals surface area contributed by atoms with Crippen molar-refractivity contribution in [3.63, 3.8) is 0 Å². The molecule has 192 valence electrons. The van der Waals surface area contributed by atoms with Gasteiger partial charge in [0.1, 0.15) is 6.54 Å². The number of halogens is 5. The van der Waals surface area contributed by atoms with Gasteiger partial charge >= 0.3 is 6.18 Å². The minimum Gasteiger partial charge on any atom is -0.316 e. The fraction of sp³-hybridized carbons (Fsp3) is 0.217. The van der Waals surface area contributed by atoms with E-state index in [4.69, 9.17) is 23.2 Å². The standard InChI is InChI=1S/C23H21Cl2F3N4O3S/c1-14-10-16(15(2)32(14)21-7-5-4-6-20(21)25)12-29-30-22(33)13-31(36(3,34)35)17-8-9-19(24)18(11-17)23(26,27)28/h4-12H,13H2,1-3H3,(H,30,33)/b29-12-. The van der Waals surface area contributed by atoms with E-state index in [1.165, 1.54) is 6.21 Å². The molecule has 0 spiro atoms. The number of sulfonamides is 1. The van der Waals surface area contributed by atoms with E-state index in [1.54, 1.807) is 6.07 Å². The van der Waals surface area contributed by atoms with Gasteiger partial charge in [-0.15, -0.1) is 0 Å². The number of anilines is 1. The number of hydrogen-bond donors (Lipinski definition) is 1. The van der Waals surface area contributed by atoms with Crippen LogP contribution in [0.5, 0.6) is 0 Å². The van der Waals surface area contributed by atoms with E-state index in [2.05, 4.69) is 10.5 Å². The number of hydrazone groups is 1. The molecule has 7 nitrogen and oxygen atoms in total.